The smallest absolute Gasteiger partial charge is 0.338 e. The van der Waals surface area contributed by atoms with Gasteiger partial charge in [0.15, 0.2) is 0 Å². The van der Waals surface area contributed by atoms with E-state index in [9.17, 15) is 14.4 Å². The van der Waals surface area contributed by atoms with Gasteiger partial charge in [0.1, 0.15) is 0 Å². The van der Waals surface area contributed by atoms with Crippen molar-refractivity contribution in [2.45, 2.75) is 13.8 Å². The number of carbonyl (C=O) groups is 1. The van der Waals surface area contributed by atoms with Gasteiger partial charge in [0.05, 0.1) is 28.8 Å². The van der Waals surface area contributed by atoms with Crippen LogP contribution in [0.25, 0.3) is 27.8 Å². The monoisotopic (exact) mass is 417 g/mol. The topological polar surface area (TPSA) is 75.2 Å². The molecule has 158 valence electrons. The van der Waals surface area contributed by atoms with Gasteiger partial charge in [-0.25, -0.2) is 9.59 Å². The molecule has 0 aliphatic carbocycles. The summed E-state index contributed by atoms with van der Waals surface area (Å²) in [5.74, 6) is -0.387. The minimum atomic E-state index is -0.387. The molecule has 0 radical (unpaired) electrons. The van der Waals surface area contributed by atoms with Crippen molar-refractivity contribution in [3.63, 3.8) is 0 Å². The number of hydrogen-bond acceptors (Lipinski definition) is 4. The summed E-state index contributed by atoms with van der Waals surface area (Å²) in [7, 11) is 3.13. The molecule has 0 saturated heterocycles. The van der Waals surface area contributed by atoms with E-state index in [-0.39, 0.29) is 17.2 Å². The normalized spacial score (nSPS) is 11.1. The minimum absolute atomic E-state index is 0.304. The number of aryl methyl sites for hydroxylation is 2. The molecule has 0 aliphatic rings. The van der Waals surface area contributed by atoms with Gasteiger partial charge >= 0.3 is 11.7 Å². The highest BCUT2D eigenvalue weighted by Gasteiger charge is 2.20. The molecule has 31 heavy (non-hydrogen) atoms. The predicted molar refractivity (Wildman–Crippen MR) is 120 cm³/mol. The molecule has 0 N–H and O–H groups in total. The summed E-state index contributed by atoms with van der Waals surface area (Å²) in [5.41, 5.74) is 3.65. The Balaban J connectivity index is 2.02. The first-order valence-electron chi connectivity index (χ1n) is 9.99. The number of benzene rings is 2. The second-order valence-electron chi connectivity index (χ2n) is 7.45. The van der Waals surface area contributed by atoms with E-state index in [1.165, 1.54) is 11.6 Å². The fourth-order valence-electron chi connectivity index (χ4n) is 3.71. The highest BCUT2D eigenvalue weighted by Crippen LogP contribution is 2.31. The fourth-order valence-corrected chi connectivity index (χ4v) is 3.71. The molecule has 7 nitrogen and oxygen atoms in total. The molecule has 0 saturated carbocycles. The van der Waals surface area contributed by atoms with Gasteiger partial charge in [-0.05, 0) is 43.7 Å². The molecule has 4 rings (SSSR count). The Morgan fingerprint density at radius 3 is 2.19 bits per heavy atom. The zero-order valence-corrected chi connectivity index (χ0v) is 17.9. The molecule has 2 heterocycles. The third-order valence-corrected chi connectivity index (χ3v) is 5.42. The van der Waals surface area contributed by atoms with Crippen molar-refractivity contribution in [2.24, 2.45) is 14.1 Å². The average molecular weight is 417 g/mol. The van der Waals surface area contributed by atoms with Crippen LogP contribution in [0.3, 0.4) is 0 Å². The number of fused-ring (bicyclic) bond motifs is 1. The highest BCUT2D eigenvalue weighted by atomic mass is 16.5. The first kappa shape index (κ1) is 20.4. The van der Waals surface area contributed by atoms with Crippen molar-refractivity contribution in [2.75, 3.05) is 6.61 Å². The maximum atomic E-state index is 13.1. The van der Waals surface area contributed by atoms with E-state index in [0.29, 0.717) is 28.8 Å². The first-order valence-corrected chi connectivity index (χ1v) is 9.99. The van der Waals surface area contributed by atoms with E-state index in [0.717, 1.165) is 21.4 Å². The second kappa shape index (κ2) is 7.75. The van der Waals surface area contributed by atoms with Gasteiger partial charge in [0, 0.05) is 26.0 Å². The van der Waals surface area contributed by atoms with E-state index < -0.39 is 0 Å². The second-order valence-corrected chi connectivity index (χ2v) is 7.45. The van der Waals surface area contributed by atoms with Crippen molar-refractivity contribution in [1.82, 2.24) is 13.7 Å². The Bertz CT molecular complexity index is 1410. The number of nitrogens with zero attached hydrogens (tertiary/aromatic N) is 3. The Labute approximate surface area is 178 Å². The Morgan fingerprint density at radius 2 is 1.58 bits per heavy atom. The SMILES string of the molecule is CCOC(=O)c1ccc(-n2cc3c(c2-c2ccc(C)cc2)c(=O)n(C)c(=O)n3C)cc1. The summed E-state index contributed by atoms with van der Waals surface area (Å²) in [6.45, 7) is 4.06. The van der Waals surface area contributed by atoms with Gasteiger partial charge in [-0.3, -0.25) is 13.9 Å². The van der Waals surface area contributed by atoms with Gasteiger partial charge in [-0.2, -0.15) is 0 Å². The lowest BCUT2D eigenvalue weighted by molar-refractivity contribution is 0.0526. The standard InChI is InChI=1S/C24H23N3O4/c1-5-31-23(29)17-10-12-18(13-11-17)27-14-19-20(22(28)26(4)24(30)25(19)3)21(27)16-8-6-15(2)7-9-16/h6-14H,5H2,1-4H3. The number of aromatic nitrogens is 3. The largest absolute Gasteiger partial charge is 0.462 e. The van der Waals surface area contributed by atoms with Crippen molar-refractivity contribution >= 4 is 16.9 Å². The molecule has 2 aromatic heterocycles. The van der Waals surface area contributed by atoms with Crippen LogP contribution in [0.5, 0.6) is 0 Å². The molecular weight excluding hydrogens is 394 g/mol. The van der Waals surface area contributed by atoms with E-state index in [2.05, 4.69) is 0 Å². The number of ether oxygens (including phenoxy) is 1. The fraction of sp³-hybridized carbons (Fsp3) is 0.208. The lowest BCUT2D eigenvalue weighted by Gasteiger charge is -2.11. The summed E-state index contributed by atoms with van der Waals surface area (Å²) in [6, 6.07) is 14.8. The Kier molecular flexibility index (Phi) is 5.10. The third kappa shape index (κ3) is 3.38. The maximum absolute atomic E-state index is 13.1. The van der Waals surface area contributed by atoms with Gasteiger partial charge in [-0.15, -0.1) is 0 Å². The molecule has 2 aromatic carbocycles. The van der Waals surface area contributed by atoms with Crippen LogP contribution in [0.1, 0.15) is 22.8 Å². The number of esters is 1. The zero-order valence-electron chi connectivity index (χ0n) is 17.9. The minimum Gasteiger partial charge on any atom is -0.462 e. The quantitative estimate of drug-likeness (QED) is 0.478. The van der Waals surface area contributed by atoms with Crippen LogP contribution in [0.4, 0.5) is 0 Å². The summed E-state index contributed by atoms with van der Waals surface area (Å²) in [4.78, 5) is 37.6. The van der Waals surface area contributed by atoms with Crippen molar-refractivity contribution in [3.8, 4) is 16.9 Å². The van der Waals surface area contributed by atoms with Gasteiger partial charge in [0.25, 0.3) is 5.56 Å². The van der Waals surface area contributed by atoms with Crippen molar-refractivity contribution < 1.29 is 9.53 Å². The van der Waals surface area contributed by atoms with Crippen LogP contribution in [0.2, 0.25) is 0 Å². The Morgan fingerprint density at radius 1 is 0.935 bits per heavy atom. The zero-order chi connectivity index (χ0) is 22.3. The van der Waals surface area contributed by atoms with Crippen molar-refractivity contribution in [3.05, 3.63) is 86.7 Å². The van der Waals surface area contributed by atoms with Crippen molar-refractivity contribution in [1.29, 1.82) is 0 Å². The van der Waals surface area contributed by atoms with E-state index >= 15 is 0 Å². The van der Waals surface area contributed by atoms with Crippen LogP contribution in [0.15, 0.2) is 64.3 Å². The molecule has 0 amide bonds. The van der Waals surface area contributed by atoms with Gasteiger partial charge < -0.3 is 9.30 Å². The van der Waals surface area contributed by atoms with E-state index in [1.54, 1.807) is 44.4 Å². The molecule has 0 unspecified atom stereocenters. The Hall–Kier alpha value is -3.87. The average Bonchev–Trinajstić information content (AvgIpc) is 3.18. The maximum Gasteiger partial charge on any atom is 0.338 e. The molecule has 0 fully saturated rings. The lowest BCUT2D eigenvalue weighted by Crippen LogP contribution is -2.36. The number of hydrogen-bond donors (Lipinski definition) is 0. The van der Waals surface area contributed by atoms with E-state index in [4.69, 9.17) is 4.74 Å². The molecular formula is C24H23N3O4. The van der Waals surface area contributed by atoms with Crippen LogP contribution in [0, 0.1) is 6.92 Å². The third-order valence-electron chi connectivity index (χ3n) is 5.42. The molecule has 4 aromatic rings. The van der Waals surface area contributed by atoms with Crippen LogP contribution < -0.4 is 11.2 Å². The predicted octanol–water partition coefficient (Wildman–Crippen LogP) is 3.18. The summed E-state index contributed by atoms with van der Waals surface area (Å²) < 4.78 is 9.53. The number of carbonyl (C=O) groups excluding carboxylic acids is 1. The highest BCUT2D eigenvalue weighted by molar-refractivity contribution is 5.95. The van der Waals surface area contributed by atoms with Crippen LogP contribution in [-0.2, 0) is 18.8 Å². The van der Waals surface area contributed by atoms with Crippen LogP contribution in [-0.4, -0.2) is 26.3 Å². The van der Waals surface area contributed by atoms with Gasteiger partial charge in [0.2, 0.25) is 0 Å². The lowest BCUT2D eigenvalue weighted by atomic mass is 10.1. The van der Waals surface area contributed by atoms with Crippen LogP contribution >= 0.6 is 0 Å². The summed E-state index contributed by atoms with van der Waals surface area (Å²) in [5, 5.41) is 0.461. The van der Waals surface area contributed by atoms with Gasteiger partial charge in [-0.1, -0.05) is 29.8 Å². The summed E-state index contributed by atoms with van der Waals surface area (Å²) >= 11 is 0. The molecule has 0 atom stereocenters. The summed E-state index contributed by atoms with van der Waals surface area (Å²) in [6.07, 6.45) is 1.78. The van der Waals surface area contributed by atoms with E-state index in [1.807, 2.05) is 35.8 Å². The molecule has 7 heteroatoms. The first-order chi connectivity index (χ1) is 14.8. The molecule has 0 aliphatic heterocycles. The molecule has 0 bridgehead atoms. The number of rotatable bonds is 4. The molecule has 0 spiro atoms.